The fraction of sp³-hybridized carbons (Fsp3) is 0.250. The second-order valence-corrected chi connectivity index (χ2v) is 8.08. The molecule has 0 heterocycles. The summed E-state index contributed by atoms with van der Waals surface area (Å²) < 4.78 is 40.1. The molecule has 0 aliphatic heterocycles. The predicted octanol–water partition coefficient (Wildman–Crippen LogP) is 3.99. The van der Waals surface area contributed by atoms with E-state index < -0.39 is 10.0 Å². The predicted molar refractivity (Wildman–Crippen MR) is 95.7 cm³/mol. The Hall–Kier alpha value is -1.60. The van der Waals surface area contributed by atoms with Crippen molar-refractivity contribution in [2.75, 3.05) is 22.4 Å². The van der Waals surface area contributed by atoms with E-state index in [9.17, 15) is 12.8 Å². The Morgan fingerprint density at radius 1 is 1.17 bits per heavy atom. The lowest BCUT2D eigenvalue weighted by atomic mass is 10.2. The summed E-state index contributed by atoms with van der Waals surface area (Å²) in [5, 5.41) is 0. The van der Waals surface area contributed by atoms with Gasteiger partial charge in [0.1, 0.15) is 5.82 Å². The molecular formula is C16H18BrFN2O2S. The zero-order valence-electron chi connectivity index (χ0n) is 12.9. The minimum atomic E-state index is -3.36. The molecule has 0 spiro atoms. The summed E-state index contributed by atoms with van der Waals surface area (Å²) in [7, 11) is -1.51. The highest BCUT2D eigenvalue weighted by Gasteiger charge is 2.14. The smallest absolute Gasteiger partial charge is 0.232 e. The van der Waals surface area contributed by atoms with Gasteiger partial charge in [-0.3, -0.25) is 4.72 Å². The second-order valence-electron chi connectivity index (χ2n) is 5.15. The molecule has 2 rings (SSSR count). The van der Waals surface area contributed by atoms with Crippen LogP contribution >= 0.6 is 15.9 Å². The van der Waals surface area contributed by atoms with Crippen LogP contribution < -0.4 is 9.62 Å². The van der Waals surface area contributed by atoms with E-state index in [1.165, 1.54) is 12.1 Å². The molecule has 0 radical (unpaired) electrons. The van der Waals surface area contributed by atoms with Crippen molar-refractivity contribution >= 4 is 37.3 Å². The number of hydrogen-bond acceptors (Lipinski definition) is 3. The maximum Gasteiger partial charge on any atom is 0.232 e. The summed E-state index contributed by atoms with van der Waals surface area (Å²) in [6, 6.07) is 11.6. The fourth-order valence-electron chi connectivity index (χ4n) is 2.10. The lowest BCUT2D eigenvalue weighted by Gasteiger charge is -2.23. The summed E-state index contributed by atoms with van der Waals surface area (Å²) in [6.45, 7) is 2.11. The molecule has 0 saturated heterocycles. The first-order valence-corrected chi connectivity index (χ1v) is 9.51. The Labute approximate surface area is 144 Å². The van der Waals surface area contributed by atoms with E-state index in [1.807, 2.05) is 18.0 Å². The Morgan fingerprint density at radius 2 is 1.83 bits per heavy atom. The molecule has 124 valence electrons. The Kier molecular flexibility index (Phi) is 5.64. The molecule has 0 unspecified atom stereocenters. The highest BCUT2D eigenvalue weighted by atomic mass is 79.9. The minimum absolute atomic E-state index is 0.00415. The number of rotatable bonds is 6. The highest BCUT2D eigenvalue weighted by molar-refractivity contribution is 9.10. The number of nitrogens with one attached hydrogen (secondary N) is 1. The SMILES string of the molecule is CCS(=O)(=O)Nc1ccc(Br)cc1N(C)Cc1ccc(F)cc1. The molecule has 0 aliphatic carbocycles. The summed E-state index contributed by atoms with van der Waals surface area (Å²) in [5.74, 6) is -0.278. The van der Waals surface area contributed by atoms with Gasteiger partial charge in [0.25, 0.3) is 0 Å². The summed E-state index contributed by atoms with van der Waals surface area (Å²) in [6.07, 6.45) is 0. The molecule has 2 aromatic carbocycles. The van der Waals surface area contributed by atoms with E-state index in [1.54, 1.807) is 31.2 Å². The van der Waals surface area contributed by atoms with Gasteiger partial charge in [0.2, 0.25) is 10.0 Å². The Balaban J connectivity index is 2.29. The molecule has 0 aliphatic rings. The molecule has 1 N–H and O–H groups in total. The van der Waals surface area contributed by atoms with Gasteiger partial charge in [0.05, 0.1) is 17.1 Å². The van der Waals surface area contributed by atoms with Gasteiger partial charge in [-0.15, -0.1) is 0 Å². The first-order chi connectivity index (χ1) is 10.8. The Morgan fingerprint density at radius 3 is 2.43 bits per heavy atom. The van der Waals surface area contributed by atoms with Crippen LogP contribution in [0.25, 0.3) is 0 Å². The third-order valence-electron chi connectivity index (χ3n) is 3.35. The number of nitrogens with zero attached hydrogens (tertiary/aromatic N) is 1. The third kappa shape index (κ3) is 4.94. The largest absolute Gasteiger partial charge is 0.369 e. The van der Waals surface area contributed by atoms with Crippen LogP contribution in [0.15, 0.2) is 46.9 Å². The van der Waals surface area contributed by atoms with Crippen LogP contribution in [0, 0.1) is 5.82 Å². The van der Waals surface area contributed by atoms with E-state index in [2.05, 4.69) is 20.7 Å². The van der Waals surface area contributed by atoms with Gasteiger partial charge in [-0.05, 0) is 42.8 Å². The maximum absolute atomic E-state index is 13.0. The Bertz CT molecular complexity index is 779. The lowest BCUT2D eigenvalue weighted by Crippen LogP contribution is -2.21. The zero-order valence-corrected chi connectivity index (χ0v) is 15.3. The summed E-state index contributed by atoms with van der Waals surface area (Å²) >= 11 is 3.40. The molecule has 23 heavy (non-hydrogen) atoms. The van der Waals surface area contributed by atoms with Crippen molar-refractivity contribution in [3.63, 3.8) is 0 Å². The van der Waals surface area contributed by atoms with Crippen LogP contribution in [0.3, 0.4) is 0 Å². The molecular weight excluding hydrogens is 383 g/mol. The van der Waals surface area contributed by atoms with E-state index in [-0.39, 0.29) is 11.6 Å². The van der Waals surface area contributed by atoms with Crippen LogP contribution in [0.4, 0.5) is 15.8 Å². The van der Waals surface area contributed by atoms with Crippen LogP contribution in [-0.2, 0) is 16.6 Å². The third-order valence-corrected chi connectivity index (χ3v) is 5.13. The summed E-state index contributed by atoms with van der Waals surface area (Å²) in [4.78, 5) is 1.91. The van der Waals surface area contributed by atoms with Crippen LogP contribution in [0.1, 0.15) is 12.5 Å². The van der Waals surface area contributed by atoms with Gasteiger partial charge in [-0.2, -0.15) is 0 Å². The van der Waals surface area contributed by atoms with Crippen LogP contribution in [-0.4, -0.2) is 21.2 Å². The van der Waals surface area contributed by atoms with Crippen molar-refractivity contribution in [1.29, 1.82) is 0 Å². The van der Waals surface area contributed by atoms with E-state index in [0.717, 1.165) is 15.7 Å². The normalized spacial score (nSPS) is 11.3. The molecule has 0 saturated carbocycles. The molecule has 0 bridgehead atoms. The number of benzene rings is 2. The molecule has 0 fully saturated rings. The van der Waals surface area contributed by atoms with Gasteiger partial charge in [0, 0.05) is 18.1 Å². The quantitative estimate of drug-likeness (QED) is 0.797. The molecule has 2 aromatic rings. The van der Waals surface area contributed by atoms with Crippen molar-refractivity contribution in [3.05, 3.63) is 58.3 Å². The van der Waals surface area contributed by atoms with Gasteiger partial charge < -0.3 is 4.90 Å². The van der Waals surface area contributed by atoms with Gasteiger partial charge >= 0.3 is 0 Å². The molecule has 4 nitrogen and oxygen atoms in total. The van der Waals surface area contributed by atoms with E-state index in [0.29, 0.717) is 12.2 Å². The van der Waals surface area contributed by atoms with Gasteiger partial charge in [-0.1, -0.05) is 28.1 Å². The van der Waals surface area contributed by atoms with Crippen molar-refractivity contribution in [2.45, 2.75) is 13.5 Å². The fourth-order valence-corrected chi connectivity index (χ4v) is 3.10. The minimum Gasteiger partial charge on any atom is -0.369 e. The van der Waals surface area contributed by atoms with Gasteiger partial charge in [0.15, 0.2) is 0 Å². The monoisotopic (exact) mass is 400 g/mol. The average molecular weight is 401 g/mol. The zero-order chi connectivity index (χ0) is 17.0. The standard InChI is InChI=1S/C16H18BrFN2O2S/c1-3-23(21,22)19-15-9-6-13(17)10-16(15)20(2)11-12-4-7-14(18)8-5-12/h4-10,19H,3,11H2,1-2H3. The van der Waals surface area contributed by atoms with Crippen molar-refractivity contribution < 1.29 is 12.8 Å². The van der Waals surface area contributed by atoms with E-state index in [4.69, 9.17) is 0 Å². The summed E-state index contributed by atoms with van der Waals surface area (Å²) in [5.41, 5.74) is 2.18. The van der Waals surface area contributed by atoms with Gasteiger partial charge in [-0.25, -0.2) is 12.8 Å². The second kappa shape index (κ2) is 7.31. The molecule has 0 atom stereocenters. The number of sulfonamides is 1. The lowest BCUT2D eigenvalue weighted by molar-refractivity contribution is 0.602. The first kappa shape index (κ1) is 17.7. The number of halogens is 2. The number of anilines is 2. The van der Waals surface area contributed by atoms with Crippen LogP contribution in [0.5, 0.6) is 0 Å². The van der Waals surface area contributed by atoms with Crippen molar-refractivity contribution in [2.24, 2.45) is 0 Å². The average Bonchev–Trinajstić information content (AvgIpc) is 2.51. The van der Waals surface area contributed by atoms with Crippen LogP contribution in [0.2, 0.25) is 0 Å². The molecule has 0 aromatic heterocycles. The van der Waals surface area contributed by atoms with Crippen molar-refractivity contribution in [3.8, 4) is 0 Å². The van der Waals surface area contributed by atoms with Crippen molar-refractivity contribution in [1.82, 2.24) is 0 Å². The topological polar surface area (TPSA) is 49.4 Å². The first-order valence-electron chi connectivity index (χ1n) is 7.06. The number of hydrogen-bond donors (Lipinski definition) is 1. The maximum atomic E-state index is 13.0. The molecule has 0 amide bonds. The molecule has 7 heteroatoms. The highest BCUT2D eigenvalue weighted by Crippen LogP contribution is 2.30. The van der Waals surface area contributed by atoms with E-state index >= 15 is 0 Å².